The summed E-state index contributed by atoms with van der Waals surface area (Å²) < 4.78 is 5.02. The number of hydrogen-bond donors (Lipinski definition) is 0. The van der Waals surface area contributed by atoms with Gasteiger partial charge in [0.1, 0.15) is 6.26 Å². The summed E-state index contributed by atoms with van der Waals surface area (Å²) >= 11 is 0. The van der Waals surface area contributed by atoms with E-state index in [1.54, 1.807) is 24.3 Å². The Hall–Kier alpha value is -1.90. The molecular weight excluding hydrogens is 216 g/mol. The van der Waals surface area contributed by atoms with E-state index in [2.05, 4.69) is 0 Å². The molecule has 0 amide bonds. The van der Waals surface area contributed by atoms with E-state index < -0.39 is 5.97 Å². The van der Waals surface area contributed by atoms with Crippen molar-refractivity contribution in [2.75, 3.05) is 0 Å². The number of esters is 1. The van der Waals surface area contributed by atoms with Gasteiger partial charge < -0.3 is 4.74 Å². The van der Waals surface area contributed by atoms with Crippen LogP contribution in [0.15, 0.2) is 42.2 Å². The van der Waals surface area contributed by atoms with Crippen molar-refractivity contribution in [2.45, 2.75) is 25.7 Å². The Morgan fingerprint density at radius 2 is 1.82 bits per heavy atom. The Morgan fingerprint density at radius 1 is 1.12 bits per heavy atom. The third-order valence-corrected chi connectivity index (χ3v) is 2.78. The van der Waals surface area contributed by atoms with Crippen LogP contribution in [0, 0.1) is 0 Å². The Kier molecular flexibility index (Phi) is 3.70. The lowest BCUT2D eigenvalue weighted by Crippen LogP contribution is -2.10. The van der Waals surface area contributed by atoms with Crippen molar-refractivity contribution < 1.29 is 14.3 Å². The quantitative estimate of drug-likeness (QED) is 0.445. The molecule has 0 aromatic heterocycles. The van der Waals surface area contributed by atoms with E-state index >= 15 is 0 Å². The van der Waals surface area contributed by atoms with E-state index in [1.165, 1.54) is 6.26 Å². The summed E-state index contributed by atoms with van der Waals surface area (Å²) in [4.78, 5) is 23.1. The average Bonchev–Trinajstić information content (AvgIpc) is 2.38. The fourth-order valence-corrected chi connectivity index (χ4v) is 1.79. The van der Waals surface area contributed by atoms with Crippen molar-refractivity contribution in [1.29, 1.82) is 0 Å². The second-order valence-corrected chi connectivity index (χ2v) is 4.04. The zero-order valence-corrected chi connectivity index (χ0v) is 9.52. The zero-order valence-electron chi connectivity index (χ0n) is 9.52. The number of ether oxygens (including phenoxy) is 1. The molecule has 0 saturated heterocycles. The molecule has 0 aliphatic heterocycles. The van der Waals surface area contributed by atoms with Crippen LogP contribution in [0.1, 0.15) is 36.0 Å². The van der Waals surface area contributed by atoms with E-state index in [9.17, 15) is 9.59 Å². The van der Waals surface area contributed by atoms with Gasteiger partial charge in [-0.25, -0.2) is 4.79 Å². The van der Waals surface area contributed by atoms with Crippen molar-refractivity contribution in [2.24, 2.45) is 0 Å². The van der Waals surface area contributed by atoms with Gasteiger partial charge in [0, 0.05) is 12.0 Å². The van der Waals surface area contributed by atoms with Crippen LogP contribution >= 0.6 is 0 Å². The van der Waals surface area contributed by atoms with Crippen LogP contribution in [0.5, 0.6) is 0 Å². The molecule has 2 rings (SSSR count). The van der Waals surface area contributed by atoms with Crippen LogP contribution < -0.4 is 0 Å². The van der Waals surface area contributed by atoms with E-state index in [1.807, 2.05) is 6.07 Å². The first-order chi connectivity index (χ1) is 8.27. The highest BCUT2D eigenvalue weighted by Crippen LogP contribution is 2.19. The largest absolute Gasteiger partial charge is 0.430 e. The van der Waals surface area contributed by atoms with Crippen LogP contribution in [0.2, 0.25) is 0 Å². The number of carbonyl (C=O) groups excluding carboxylic acids is 2. The van der Waals surface area contributed by atoms with Crippen molar-refractivity contribution >= 4 is 11.8 Å². The van der Waals surface area contributed by atoms with E-state index in [-0.39, 0.29) is 5.78 Å². The van der Waals surface area contributed by atoms with Crippen LogP contribution in [0.25, 0.3) is 0 Å². The van der Waals surface area contributed by atoms with Gasteiger partial charge in [0.2, 0.25) is 0 Å². The molecule has 1 aliphatic carbocycles. The van der Waals surface area contributed by atoms with Crippen LogP contribution in [-0.2, 0) is 9.53 Å². The third kappa shape index (κ3) is 3.03. The van der Waals surface area contributed by atoms with Gasteiger partial charge >= 0.3 is 5.97 Å². The predicted molar refractivity (Wildman–Crippen MR) is 63.4 cm³/mol. The second kappa shape index (κ2) is 5.43. The highest BCUT2D eigenvalue weighted by Gasteiger charge is 2.16. The SMILES string of the molecule is O=C1CCCC/C1=C\OC(=O)c1ccccc1. The summed E-state index contributed by atoms with van der Waals surface area (Å²) in [5.41, 5.74) is 1.12. The normalized spacial score (nSPS) is 18.1. The van der Waals surface area contributed by atoms with Gasteiger partial charge in [-0.05, 0) is 31.4 Å². The fourth-order valence-electron chi connectivity index (χ4n) is 1.79. The molecule has 0 spiro atoms. The standard InChI is InChI=1S/C14H14O3/c15-13-9-5-4-8-12(13)10-17-14(16)11-6-2-1-3-7-11/h1-3,6-7,10H,4-5,8-9H2/b12-10+. The number of hydrogen-bond acceptors (Lipinski definition) is 3. The smallest absolute Gasteiger partial charge is 0.342 e. The summed E-state index contributed by atoms with van der Waals surface area (Å²) in [7, 11) is 0. The molecule has 88 valence electrons. The first kappa shape index (κ1) is 11.6. The van der Waals surface area contributed by atoms with E-state index in [4.69, 9.17) is 4.74 Å². The summed E-state index contributed by atoms with van der Waals surface area (Å²) in [6, 6.07) is 8.75. The molecule has 0 radical (unpaired) electrons. The molecule has 1 aromatic carbocycles. The number of carbonyl (C=O) groups is 2. The number of rotatable bonds is 2. The van der Waals surface area contributed by atoms with Crippen molar-refractivity contribution in [3.63, 3.8) is 0 Å². The van der Waals surface area contributed by atoms with Gasteiger partial charge in [-0.1, -0.05) is 18.2 Å². The van der Waals surface area contributed by atoms with Gasteiger partial charge in [0.05, 0.1) is 5.56 Å². The van der Waals surface area contributed by atoms with Gasteiger partial charge in [-0.15, -0.1) is 0 Å². The maximum absolute atomic E-state index is 11.6. The predicted octanol–water partition coefficient (Wildman–Crippen LogP) is 2.87. The Morgan fingerprint density at radius 3 is 2.53 bits per heavy atom. The molecule has 1 aliphatic rings. The molecule has 0 unspecified atom stereocenters. The maximum atomic E-state index is 11.6. The first-order valence-electron chi connectivity index (χ1n) is 5.75. The molecule has 0 atom stereocenters. The maximum Gasteiger partial charge on any atom is 0.342 e. The lowest BCUT2D eigenvalue weighted by Gasteiger charge is -2.11. The number of ketones is 1. The highest BCUT2D eigenvalue weighted by atomic mass is 16.5. The minimum absolute atomic E-state index is 0.0945. The van der Waals surface area contributed by atoms with Crippen molar-refractivity contribution in [1.82, 2.24) is 0 Å². The van der Waals surface area contributed by atoms with Crippen LogP contribution in [0.3, 0.4) is 0 Å². The van der Waals surface area contributed by atoms with Gasteiger partial charge in [-0.2, -0.15) is 0 Å². The molecule has 3 heteroatoms. The highest BCUT2D eigenvalue weighted by molar-refractivity contribution is 5.96. The van der Waals surface area contributed by atoms with E-state index in [0.717, 1.165) is 12.8 Å². The Bertz CT molecular complexity index is 446. The number of benzene rings is 1. The van der Waals surface area contributed by atoms with Gasteiger partial charge in [-0.3, -0.25) is 4.79 Å². The van der Waals surface area contributed by atoms with Crippen LogP contribution in [0.4, 0.5) is 0 Å². The third-order valence-electron chi connectivity index (χ3n) is 2.78. The Labute approximate surface area is 100 Å². The molecule has 3 nitrogen and oxygen atoms in total. The second-order valence-electron chi connectivity index (χ2n) is 4.04. The van der Waals surface area contributed by atoms with Crippen molar-refractivity contribution in [3.8, 4) is 0 Å². The molecule has 1 fully saturated rings. The summed E-state index contributed by atoms with van der Waals surface area (Å²) in [6.07, 6.45) is 4.51. The number of allylic oxidation sites excluding steroid dienone is 1. The molecular formula is C14H14O3. The monoisotopic (exact) mass is 230 g/mol. The molecule has 17 heavy (non-hydrogen) atoms. The Balaban J connectivity index is 2.00. The molecule has 0 heterocycles. The number of Topliss-reactive ketones (excluding diaryl/α,β-unsaturated/α-hetero) is 1. The summed E-state index contributed by atoms with van der Waals surface area (Å²) in [5, 5.41) is 0. The van der Waals surface area contributed by atoms with Crippen LogP contribution in [-0.4, -0.2) is 11.8 Å². The average molecular weight is 230 g/mol. The molecule has 0 N–H and O–H groups in total. The first-order valence-corrected chi connectivity index (χ1v) is 5.75. The van der Waals surface area contributed by atoms with Gasteiger partial charge in [0.15, 0.2) is 5.78 Å². The van der Waals surface area contributed by atoms with E-state index in [0.29, 0.717) is 24.0 Å². The molecule has 1 aromatic rings. The lowest BCUT2D eigenvalue weighted by atomic mass is 9.95. The minimum Gasteiger partial charge on any atom is -0.430 e. The topological polar surface area (TPSA) is 43.4 Å². The van der Waals surface area contributed by atoms with Gasteiger partial charge in [0.25, 0.3) is 0 Å². The zero-order chi connectivity index (χ0) is 12.1. The lowest BCUT2D eigenvalue weighted by molar-refractivity contribution is -0.116. The van der Waals surface area contributed by atoms with Crippen molar-refractivity contribution in [3.05, 3.63) is 47.7 Å². The summed E-state index contributed by atoms with van der Waals surface area (Å²) in [6.45, 7) is 0. The molecule has 0 bridgehead atoms. The minimum atomic E-state index is -0.420. The summed E-state index contributed by atoms with van der Waals surface area (Å²) in [5.74, 6) is -0.325. The molecule has 1 saturated carbocycles. The fraction of sp³-hybridized carbons (Fsp3) is 0.286.